The molecule has 102 valence electrons. The second kappa shape index (κ2) is 5.54. The van der Waals surface area contributed by atoms with Gasteiger partial charge in [0.05, 0.1) is 5.56 Å². The first-order chi connectivity index (χ1) is 9.65. The van der Waals surface area contributed by atoms with Gasteiger partial charge in [-0.1, -0.05) is 35.9 Å². The third-order valence-electron chi connectivity index (χ3n) is 3.52. The summed E-state index contributed by atoms with van der Waals surface area (Å²) in [7, 11) is 0. The minimum Gasteiger partial charge on any atom is -0.351 e. The summed E-state index contributed by atoms with van der Waals surface area (Å²) < 4.78 is 0.737. The molecule has 1 aliphatic carbocycles. The average molecular weight is 352 g/mol. The van der Waals surface area contributed by atoms with E-state index in [1.807, 2.05) is 12.1 Å². The number of carbonyl (C=O) groups is 1. The Morgan fingerprint density at radius 1 is 1.45 bits per heavy atom. The zero-order chi connectivity index (χ0) is 14.1. The number of benzene rings is 1. The quantitative estimate of drug-likeness (QED) is 0.859. The van der Waals surface area contributed by atoms with Crippen LogP contribution in [0.1, 0.15) is 27.4 Å². The smallest absolute Gasteiger partial charge is 0.254 e. The van der Waals surface area contributed by atoms with E-state index < -0.39 is 0 Å². The second-order valence-electron chi connectivity index (χ2n) is 4.80. The van der Waals surface area contributed by atoms with Crippen molar-refractivity contribution in [2.75, 3.05) is 6.54 Å². The molecular weight excluding hydrogens is 340 g/mol. The third kappa shape index (κ3) is 2.58. The molecular formula is C15H12BrClN2O. The van der Waals surface area contributed by atoms with Gasteiger partial charge in [0.25, 0.3) is 5.91 Å². The Morgan fingerprint density at radius 3 is 3.05 bits per heavy atom. The van der Waals surface area contributed by atoms with E-state index in [0.717, 1.165) is 10.9 Å². The van der Waals surface area contributed by atoms with E-state index in [-0.39, 0.29) is 11.1 Å². The predicted molar refractivity (Wildman–Crippen MR) is 82.2 cm³/mol. The molecule has 0 aliphatic heterocycles. The predicted octanol–water partition coefficient (Wildman–Crippen LogP) is 3.57. The van der Waals surface area contributed by atoms with E-state index in [2.05, 4.69) is 38.4 Å². The molecule has 0 saturated carbocycles. The molecule has 0 fully saturated rings. The standard InChI is InChI=1S/C15H12BrClN2O/c16-11-6-13(14(17)18-8-11)15(20)19-7-10-5-9-3-1-2-4-12(9)10/h1-4,6,8,10H,5,7H2,(H,19,20). The summed E-state index contributed by atoms with van der Waals surface area (Å²) >= 11 is 9.23. The maximum absolute atomic E-state index is 12.1. The highest BCUT2D eigenvalue weighted by molar-refractivity contribution is 9.10. The number of halogens is 2. The summed E-state index contributed by atoms with van der Waals surface area (Å²) in [5, 5.41) is 3.15. The maximum Gasteiger partial charge on any atom is 0.254 e. The Kier molecular flexibility index (Phi) is 3.76. The Bertz CT molecular complexity index is 675. The molecule has 2 aromatic rings. The first-order valence-electron chi connectivity index (χ1n) is 6.32. The molecule has 0 bridgehead atoms. The number of hydrogen-bond donors (Lipinski definition) is 1. The number of rotatable bonds is 3. The van der Waals surface area contributed by atoms with Crippen molar-refractivity contribution in [1.82, 2.24) is 10.3 Å². The highest BCUT2D eigenvalue weighted by Crippen LogP contribution is 2.34. The van der Waals surface area contributed by atoms with Gasteiger partial charge in [-0.3, -0.25) is 4.79 Å². The highest BCUT2D eigenvalue weighted by atomic mass is 79.9. The van der Waals surface area contributed by atoms with E-state index in [9.17, 15) is 4.79 Å². The Morgan fingerprint density at radius 2 is 2.25 bits per heavy atom. The van der Waals surface area contributed by atoms with E-state index in [0.29, 0.717) is 18.0 Å². The van der Waals surface area contributed by atoms with Gasteiger partial charge in [0.2, 0.25) is 0 Å². The van der Waals surface area contributed by atoms with E-state index in [1.165, 1.54) is 11.1 Å². The summed E-state index contributed by atoms with van der Waals surface area (Å²) in [6.07, 6.45) is 2.59. The van der Waals surface area contributed by atoms with Crippen molar-refractivity contribution >= 4 is 33.4 Å². The van der Waals surface area contributed by atoms with Crippen molar-refractivity contribution in [3.05, 3.63) is 62.8 Å². The molecule has 0 radical (unpaired) electrons. The minimum atomic E-state index is -0.187. The number of nitrogens with one attached hydrogen (secondary N) is 1. The zero-order valence-corrected chi connectivity index (χ0v) is 12.9. The average Bonchev–Trinajstić information content (AvgIpc) is 2.42. The van der Waals surface area contributed by atoms with Crippen molar-refractivity contribution in [3.8, 4) is 0 Å². The first-order valence-corrected chi connectivity index (χ1v) is 7.49. The van der Waals surface area contributed by atoms with E-state index in [1.54, 1.807) is 12.3 Å². The largest absolute Gasteiger partial charge is 0.351 e. The molecule has 0 saturated heterocycles. The van der Waals surface area contributed by atoms with Gasteiger partial charge < -0.3 is 5.32 Å². The number of pyridine rings is 1. The van der Waals surface area contributed by atoms with Gasteiger partial charge in [0.1, 0.15) is 5.15 Å². The van der Waals surface area contributed by atoms with Crippen molar-refractivity contribution in [3.63, 3.8) is 0 Å². The number of aromatic nitrogens is 1. The summed E-state index contributed by atoms with van der Waals surface area (Å²) in [5.41, 5.74) is 3.09. The van der Waals surface area contributed by atoms with Gasteiger partial charge in [-0.25, -0.2) is 4.98 Å². The van der Waals surface area contributed by atoms with Crippen LogP contribution in [0.2, 0.25) is 5.15 Å². The van der Waals surface area contributed by atoms with Crippen LogP contribution < -0.4 is 5.32 Å². The van der Waals surface area contributed by atoms with Crippen LogP contribution in [0, 0.1) is 0 Å². The van der Waals surface area contributed by atoms with Crippen LogP contribution in [0.15, 0.2) is 41.0 Å². The second-order valence-corrected chi connectivity index (χ2v) is 6.08. The molecule has 1 heterocycles. The number of fused-ring (bicyclic) bond motifs is 1. The fourth-order valence-electron chi connectivity index (χ4n) is 2.44. The van der Waals surface area contributed by atoms with Crippen LogP contribution in [-0.4, -0.2) is 17.4 Å². The van der Waals surface area contributed by atoms with E-state index >= 15 is 0 Å². The molecule has 1 unspecified atom stereocenters. The van der Waals surface area contributed by atoms with Crippen molar-refractivity contribution in [1.29, 1.82) is 0 Å². The lowest BCUT2D eigenvalue weighted by Crippen LogP contribution is -2.33. The topological polar surface area (TPSA) is 42.0 Å². The van der Waals surface area contributed by atoms with E-state index in [4.69, 9.17) is 11.6 Å². The molecule has 3 rings (SSSR count). The SMILES string of the molecule is O=C(NCC1Cc2ccccc21)c1cc(Br)cnc1Cl. The maximum atomic E-state index is 12.1. The Labute approximate surface area is 130 Å². The molecule has 1 N–H and O–H groups in total. The lowest BCUT2D eigenvalue weighted by molar-refractivity contribution is 0.0950. The van der Waals surface area contributed by atoms with Crippen molar-refractivity contribution in [2.24, 2.45) is 0 Å². The normalized spacial score (nSPS) is 16.2. The van der Waals surface area contributed by atoms with Crippen molar-refractivity contribution < 1.29 is 4.79 Å². The summed E-state index contributed by atoms with van der Waals surface area (Å²) in [4.78, 5) is 16.1. The van der Waals surface area contributed by atoms with Gasteiger partial charge in [-0.2, -0.15) is 0 Å². The van der Waals surface area contributed by atoms with Crippen LogP contribution in [0.5, 0.6) is 0 Å². The molecule has 5 heteroatoms. The third-order valence-corrected chi connectivity index (χ3v) is 4.26. The van der Waals surface area contributed by atoms with Gasteiger partial charge in [0.15, 0.2) is 0 Å². The first kappa shape index (κ1) is 13.6. The number of nitrogens with zero attached hydrogens (tertiary/aromatic N) is 1. The molecule has 1 aliphatic rings. The molecule has 3 nitrogen and oxygen atoms in total. The zero-order valence-electron chi connectivity index (χ0n) is 10.6. The van der Waals surface area contributed by atoms with Crippen LogP contribution in [0.3, 0.4) is 0 Å². The summed E-state index contributed by atoms with van der Waals surface area (Å²) in [5.74, 6) is 0.210. The summed E-state index contributed by atoms with van der Waals surface area (Å²) in [6.45, 7) is 0.624. The molecule has 1 aromatic carbocycles. The van der Waals surface area contributed by atoms with Crippen LogP contribution >= 0.6 is 27.5 Å². The van der Waals surface area contributed by atoms with Crippen LogP contribution in [0.4, 0.5) is 0 Å². The molecule has 20 heavy (non-hydrogen) atoms. The molecule has 1 aromatic heterocycles. The minimum absolute atomic E-state index is 0.187. The monoisotopic (exact) mass is 350 g/mol. The van der Waals surface area contributed by atoms with Crippen LogP contribution in [-0.2, 0) is 6.42 Å². The lowest BCUT2D eigenvalue weighted by atomic mass is 9.77. The number of hydrogen-bond acceptors (Lipinski definition) is 2. The fraction of sp³-hybridized carbons (Fsp3) is 0.200. The van der Waals surface area contributed by atoms with Gasteiger partial charge >= 0.3 is 0 Å². The van der Waals surface area contributed by atoms with Crippen LogP contribution in [0.25, 0.3) is 0 Å². The molecule has 1 atom stereocenters. The molecule has 0 spiro atoms. The number of carbonyl (C=O) groups excluding carboxylic acids is 1. The Hall–Kier alpha value is -1.39. The Balaban J connectivity index is 1.65. The van der Waals surface area contributed by atoms with Gasteiger partial charge in [-0.05, 0) is 39.5 Å². The van der Waals surface area contributed by atoms with Gasteiger partial charge in [0, 0.05) is 23.1 Å². The van der Waals surface area contributed by atoms with Crippen molar-refractivity contribution in [2.45, 2.75) is 12.3 Å². The number of amides is 1. The summed E-state index contributed by atoms with van der Waals surface area (Å²) in [6, 6.07) is 9.99. The fourth-order valence-corrected chi connectivity index (χ4v) is 2.96. The highest BCUT2D eigenvalue weighted by Gasteiger charge is 2.25. The molecule has 1 amide bonds. The lowest BCUT2D eigenvalue weighted by Gasteiger charge is -2.30. The van der Waals surface area contributed by atoms with Gasteiger partial charge in [-0.15, -0.1) is 0 Å².